The van der Waals surface area contributed by atoms with Crippen molar-refractivity contribution >= 4 is 11.8 Å². The maximum Gasteiger partial charge on any atom is 0.243 e. The van der Waals surface area contributed by atoms with Gasteiger partial charge in [0, 0.05) is 29.9 Å². The Morgan fingerprint density at radius 2 is 1.77 bits per heavy atom. The Kier molecular flexibility index (Phi) is 6.89. The Morgan fingerprint density at radius 1 is 1.15 bits per heavy atom. The van der Waals surface area contributed by atoms with Crippen LogP contribution in [0.2, 0.25) is 0 Å². The van der Waals surface area contributed by atoms with E-state index in [1.54, 1.807) is 0 Å². The summed E-state index contributed by atoms with van der Waals surface area (Å²) in [5.41, 5.74) is 2.23. The van der Waals surface area contributed by atoms with Gasteiger partial charge in [-0.25, -0.2) is 9.97 Å². The van der Waals surface area contributed by atoms with Crippen molar-refractivity contribution in [3.63, 3.8) is 0 Å². The predicted molar refractivity (Wildman–Crippen MR) is 102 cm³/mol. The van der Waals surface area contributed by atoms with Gasteiger partial charge in [-0.3, -0.25) is 9.59 Å². The molecule has 1 aromatic heterocycles. The summed E-state index contributed by atoms with van der Waals surface area (Å²) in [5, 5.41) is 6.05. The summed E-state index contributed by atoms with van der Waals surface area (Å²) in [6.45, 7) is 9.83. The zero-order chi connectivity index (χ0) is 19.2. The molecule has 2 rings (SSSR count). The summed E-state index contributed by atoms with van der Waals surface area (Å²) in [7, 11) is 0. The number of hydrogen-bond donors (Lipinski definition) is 2. The van der Waals surface area contributed by atoms with Gasteiger partial charge in [-0.15, -0.1) is 0 Å². The zero-order valence-electron chi connectivity index (χ0n) is 16.2. The molecule has 1 fully saturated rings. The summed E-state index contributed by atoms with van der Waals surface area (Å²) >= 11 is 0. The first-order chi connectivity index (χ1) is 12.4. The van der Waals surface area contributed by atoms with Crippen LogP contribution in [0.3, 0.4) is 0 Å². The molecule has 0 bridgehead atoms. The van der Waals surface area contributed by atoms with Crippen molar-refractivity contribution in [1.29, 1.82) is 0 Å². The molecule has 142 valence electrons. The topological polar surface area (TPSA) is 84.0 Å². The first-order valence-electron chi connectivity index (χ1n) is 9.43. The third-order valence-electron chi connectivity index (χ3n) is 5.13. The van der Waals surface area contributed by atoms with Crippen molar-refractivity contribution in [2.45, 2.75) is 71.3 Å². The molecule has 0 radical (unpaired) electrons. The van der Waals surface area contributed by atoms with Crippen molar-refractivity contribution in [1.82, 2.24) is 20.6 Å². The van der Waals surface area contributed by atoms with Gasteiger partial charge in [-0.1, -0.05) is 32.8 Å². The van der Waals surface area contributed by atoms with Crippen LogP contribution in [0.1, 0.15) is 61.8 Å². The summed E-state index contributed by atoms with van der Waals surface area (Å²) in [6.07, 6.45) is 7.34. The number of amides is 2. The summed E-state index contributed by atoms with van der Waals surface area (Å²) in [6, 6.07) is 0. The lowest BCUT2D eigenvalue weighted by molar-refractivity contribution is -0.122. The highest BCUT2D eigenvalue weighted by Gasteiger charge is 2.33. The van der Waals surface area contributed by atoms with Crippen molar-refractivity contribution in [3.05, 3.63) is 35.4 Å². The number of aromatic nitrogens is 2. The molecule has 1 aliphatic carbocycles. The van der Waals surface area contributed by atoms with Crippen LogP contribution in [-0.4, -0.2) is 33.9 Å². The second-order valence-electron chi connectivity index (χ2n) is 7.13. The van der Waals surface area contributed by atoms with Crippen LogP contribution in [0.5, 0.6) is 0 Å². The van der Waals surface area contributed by atoms with Crippen LogP contribution < -0.4 is 10.6 Å². The largest absolute Gasteiger partial charge is 0.353 e. The second-order valence-corrected chi connectivity index (χ2v) is 7.13. The minimum absolute atomic E-state index is 0.0677. The first kappa shape index (κ1) is 20.1. The molecule has 0 spiro atoms. The van der Waals surface area contributed by atoms with E-state index >= 15 is 0 Å². The van der Waals surface area contributed by atoms with Crippen LogP contribution in [-0.2, 0) is 22.4 Å². The van der Waals surface area contributed by atoms with Crippen molar-refractivity contribution in [2.24, 2.45) is 0 Å². The molecule has 2 N–H and O–H groups in total. The molecule has 0 saturated heterocycles. The SMILES string of the molecule is C=CC(=O)NC1(CNC(=O)Cc2c(C)nc(CC)nc2C)CCCCC1. The standard InChI is InChI=1S/C20H30N4O2/c1-5-17-22-14(3)16(15(4)23-17)12-19(26)21-13-20(24-18(25)6-2)10-8-7-9-11-20/h6H,2,5,7-13H2,1,3-4H3,(H,21,26)(H,24,25). The fourth-order valence-electron chi connectivity index (χ4n) is 3.60. The van der Waals surface area contributed by atoms with Gasteiger partial charge in [0.1, 0.15) is 5.82 Å². The smallest absolute Gasteiger partial charge is 0.243 e. The number of nitrogens with one attached hydrogen (secondary N) is 2. The Morgan fingerprint density at radius 3 is 2.31 bits per heavy atom. The molecule has 26 heavy (non-hydrogen) atoms. The molecule has 6 heteroatoms. The van der Waals surface area contributed by atoms with E-state index < -0.39 is 0 Å². The Labute approximate surface area is 155 Å². The minimum atomic E-state index is -0.369. The van der Waals surface area contributed by atoms with E-state index in [0.29, 0.717) is 6.54 Å². The van der Waals surface area contributed by atoms with Crippen LogP contribution in [0, 0.1) is 13.8 Å². The van der Waals surface area contributed by atoms with Crippen LogP contribution >= 0.6 is 0 Å². The van der Waals surface area contributed by atoms with Gasteiger partial charge < -0.3 is 10.6 Å². The van der Waals surface area contributed by atoms with Crippen molar-refractivity contribution < 1.29 is 9.59 Å². The lowest BCUT2D eigenvalue weighted by Crippen LogP contribution is -2.56. The van der Waals surface area contributed by atoms with Crippen LogP contribution in [0.25, 0.3) is 0 Å². The Bertz CT molecular complexity index is 655. The lowest BCUT2D eigenvalue weighted by atomic mass is 9.81. The fourth-order valence-corrected chi connectivity index (χ4v) is 3.60. The fraction of sp³-hybridized carbons (Fsp3) is 0.600. The number of carbonyl (C=O) groups excluding carboxylic acids is 2. The van der Waals surface area contributed by atoms with E-state index in [0.717, 1.165) is 54.9 Å². The molecule has 0 atom stereocenters. The normalized spacial score (nSPS) is 16.0. The maximum absolute atomic E-state index is 12.5. The number of aryl methyl sites for hydroxylation is 3. The minimum Gasteiger partial charge on any atom is -0.353 e. The third kappa shape index (κ3) is 5.13. The van der Waals surface area contributed by atoms with E-state index in [2.05, 4.69) is 27.2 Å². The molecule has 1 aromatic rings. The van der Waals surface area contributed by atoms with Gasteiger partial charge in [0.2, 0.25) is 11.8 Å². The lowest BCUT2D eigenvalue weighted by Gasteiger charge is -2.38. The molecule has 1 saturated carbocycles. The molecule has 0 aromatic carbocycles. The maximum atomic E-state index is 12.5. The molecular weight excluding hydrogens is 328 g/mol. The van der Waals surface area contributed by atoms with Crippen LogP contribution in [0.4, 0.5) is 0 Å². The molecule has 6 nitrogen and oxygen atoms in total. The molecular formula is C20H30N4O2. The highest BCUT2D eigenvalue weighted by atomic mass is 16.2. The summed E-state index contributed by atoms with van der Waals surface area (Å²) < 4.78 is 0. The molecule has 0 unspecified atom stereocenters. The van der Waals surface area contributed by atoms with Crippen molar-refractivity contribution in [2.75, 3.05) is 6.54 Å². The number of nitrogens with zero attached hydrogens (tertiary/aromatic N) is 2. The zero-order valence-corrected chi connectivity index (χ0v) is 16.2. The summed E-state index contributed by atoms with van der Waals surface area (Å²) in [4.78, 5) is 33.2. The van der Waals surface area contributed by atoms with E-state index in [-0.39, 0.29) is 23.8 Å². The quantitative estimate of drug-likeness (QED) is 0.733. The second kappa shape index (κ2) is 8.92. The van der Waals surface area contributed by atoms with E-state index in [1.807, 2.05) is 20.8 Å². The first-order valence-corrected chi connectivity index (χ1v) is 9.43. The highest BCUT2D eigenvalue weighted by molar-refractivity contribution is 5.87. The Balaban J connectivity index is 2.02. The van der Waals surface area contributed by atoms with Gasteiger partial charge in [-0.05, 0) is 32.8 Å². The Hall–Kier alpha value is -2.24. The van der Waals surface area contributed by atoms with E-state index in [4.69, 9.17) is 0 Å². The molecule has 1 aliphatic rings. The highest BCUT2D eigenvalue weighted by Crippen LogP contribution is 2.27. The third-order valence-corrected chi connectivity index (χ3v) is 5.13. The van der Waals surface area contributed by atoms with Crippen molar-refractivity contribution in [3.8, 4) is 0 Å². The number of hydrogen-bond acceptors (Lipinski definition) is 4. The number of carbonyl (C=O) groups is 2. The molecule has 2 amide bonds. The average Bonchev–Trinajstić information content (AvgIpc) is 2.63. The average molecular weight is 358 g/mol. The molecule has 0 aliphatic heterocycles. The molecule has 1 heterocycles. The monoisotopic (exact) mass is 358 g/mol. The van der Waals surface area contributed by atoms with Gasteiger partial charge in [0.25, 0.3) is 0 Å². The van der Waals surface area contributed by atoms with Gasteiger partial charge in [-0.2, -0.15) is 0 Å². The van der Waals surface area contributed by atoms with Gasteiger partial charge in [0.15, 0.2) is 0 Å². The number of rotatable bonds is 7. The summed E-state index contributed by atoms with van der Waals surface area (Å²) in [5.74, 6) is 0.552. The van der Waals surface area contributed by atoms with Gasteiger partial charge >= 0.3 is 0 Å². The van der Waals surface area contributed by atoms with Gasteiger partial charge in [0.05, 0.1) is 12.0 Å². The van der Waals surface area contributed by atoms with Crippen LogP contribution in [0.15, 0.2) is 12.7 Å². The van der Waals surface area contributed by atoms with E-state index in [1.165, 1.54) is 12.5 Å². The van der Waals surface area contributed by atoms with E-state index in [9.17, 15) is 9.59 Å². The predicted octanol–water partition coefficient (Wildman–Crippen LogP) is 2.32.